The van der Waals surface area contributed by atoms with E-state index in [4.69, 9.17) is 18.9 Å². The molecule has 0 aromatic heterocycles. The van der Waals surface area contributed by atoms with Crippen LogP contribution in [-0.2, 0) is 23.7 Å². The van der Waals surface area contributed by atoms with Gasteiger partial charge in [0.05, 0.1) is 19.3 Å². The topological polar surface area (TPSA) is 216 Å². The Bertz CT molecular complexity index is 888. The molecule has 1 aliphatic carbocycles. The lowest BCUT2D eigenvalue weighted by atomic mass is 9.64. The summed E-state index contributed by atoms with van der Waals surface area (Å²) in [5.74, 6) is -0.0961. The van der Waals surface area contributed by atoms with Crippen LogP contribution in [0.1, 0.15) is 34.1 Å². The summed E-state index contributed by atoms with van der Waals surface area (Å²) in [4.78, 5) is 12.0. The fourth-order valence-electron chi connectivity index (χ4n) is 5.04. The number of ether oxygens (including phenoxy) is 4. The zero-order valence-corrected chi connectivity index (χ0v) is 21.8. The van der Waals surface area contributed by atoms with E-state index in [1.165, 1.54) is 18.2 Å². The van der Waals surface area contributed by atoms with Gasteiger partial charge in [0.1, 0.15) is 54.4 Å². The SMILES string of the molecule is CC1=CC(=O)CC(C)(C)[C@]1(O)/C=C/[C@H](C)O[C@H]1O[C@@H](CO)[C@H](O)[C@@H](O)[C@@H]1O[C@@H]1O[C@H](CO)[C@@H](O)[C@H](O)[C@@H]1O. The second kappa shape index (κ2) is 12.0. The van der Waals surface area contributed by atoms with Gasteiger partial charge in [0.25, 0.3) is 0 Å². The second-order valence-corrected chi connectivity index (χ2v) is 10.8. The van der Waals surface area contributed by atoms with E-state index < -0.39 is 91.7 Å². The van der Waals surface area contributed by atoms with Crippen LogP contribution in [0.25, 0.3) is 0 Å². The third kappa shape index (κ3) is 6.04. The highest BCUT2D eigenvalue weighted by atomic mass is 16.8. The summed E-state index contributed by atoms with van der Waals surface area (Å²) >= 11 is 0. The van der Waals surface area contributed by atoms with Crippen LogP contribution in [0.2, 0.25) is 0 Å². The molecule has 2 heterocycles. The third-order valence-electron chi connectivity index (χ3n) is 7.55. The van der Waals surface area contributed by atoms with Gasteiger partial charge in [-0.3, -0.25) is 4.79 Å². The van der Waals surface area contributed by atoms with Crippen molar-refractivity contribution in [1.29, 1.82) is 0 Å². The van der Waals surface area contributed by atoms with Crippen molar-refractivity contribution in [3.05, 3.63) is 23.8 Å². The van der Waals surface area contributed by atoms with Crippen LogP contribution in [0.15, 0.2) is 23.8 Å². The van der Waals surface area contributed by atoms with Crippen molar-refractivity contribution < 1.29 is 64.6 Å². The first-order valence-corrected chi connectivity index (χ1v) is 12.5. The molecule has 38 heavy (non-hydrogen) atoms. The minimum atomic E-state index is -1.79. The van der Waals surface area contributed by atoms with Crippen molar-refractivity contribution in [3.8, 4) is 0 Å². The van der Waals surface area contributed by atoms with Crippen molar-refractivity contribution in [2.45, 2.75) is 107 Å². The summed E-state index contributed by atoms with van der Waals surface area (Å²) in [5, 5.41) is 81.9. The maximum absolute atomic E-state index is 12.0. The van der Waals surface area contributed by atoms with Crippen molar-refractivity contribution in [3.63, 3.8) is 0 Å². The lowest BCUT2D eigenvalue weighted by Crippen LogP contribution is -2.64. The van der Waals surface area contributed by atoms with E-state index >= 15 is 0 Å². The Balaban J connectivity index is 1.81. The Morgan fingerprint density at radius 1 is 0.974 bits per heavy atom. The molecule has 0 spiro atoms. The molecule has 2 aliphatic heterocycles. The number of hydrogen-bond acceptors (Lipinski definition) is 13. The first-order valence-electron chi connectivity index (χ1n) is 12.5. The second-order valence-electron chi connectivity index (χ2n) is 10.8. The highest BCUT2D eigenvalue weighted by molar-refractivity contribution is 5.92. The monoisotopic (exact) mass is 548 g/mol. The number of carbonyl (C=O) groups is 1. The largest absolute Gasteiger partial charge is 0.394 e. The zero-order chi connectivity index (χ0) is 28.6. The lowest BCUT2D eigenvalue weighted by molar-refractivity contribution is -0.369. The van der Waals surface area contributed by atoms with E-state index in [2.05, 4.69) is 0 Å². The Labute approximate surface area is 220 Å². The van der Waals surface area contributed by atoms with Crippen LogP contribution in [0, 0.1) is 5.41 Å². The molecule has 0 unspecified atom stereocenters. The van der Waals surface area contributed by atoms with Crippen LogP contribution >= 0.6 is 0 Å². The van der Waals surface area contributed by atoms with E-state index in [-0.39, 0.29) is 12.2 Å². The predicted molar refractivity (Wildman–Crippen MR) is 128 cm³/mol. The van der Waals surface area contributed by atoms with Crippen LogP contribution in [0.4, 0.5) is 0 Å². The van der Waals surface area contributed by atoms with Gasteiger partial charge in [-0.05, 0) is 31.6 Å². The van der Waals surface area contributed by atoms with Crippen molar-refractivity contribution in [2.24, 2.45) is 5.41 Å². The third-order valence-corrected chi connectivity index (χ3v) is 7.55. The summed E-state index contributed by atoms with van der Waals surface area (Å²) in [7, 11) is 0. The van der Waals surface area contributed by atoms with Crippen molar-refractivity contribution >= 4 is 5.78 Å². The van der Waals surface area contributed by atoms with Gasteiger partial charge in [-0.15, -0.1) is 0 Å². The molecule has 0 amide bonds. The molecule has 2 fully saturated rings. The van der Waals surface area contributed by atoms with Gasteiger partial charge in [-0.1, -0.05) is 19.9 Å². The fourth-order valence-corrected chi connectivity index (χ4v) is 5.04. The van der Waals surface area contributed by atoms with Crippen LogP contribution in [0.3, 0.4) is 0 Å². The predicted octanol–water partition coefficient (Wildman–Crippen LogP) is -2.75. The Morgan fingerprint density at radius 2 is 1.53 bits per heavy atom. The maximum Gasteiger partial charge on any atom is 0.187 e. The molecule has 0 bridgehead atoms. The highest BCUT2D eigenvalue weighted by Crippen LogP contribution is 2.44. The molecule has 13 heteroatoms. The fraction of sp³-hybridized carbons (Fsp3) is 0.800. The first-order chi connectivity index (χ1) is 17.7. The average Bonchev–Trinajstić information content (AvgIpc) is 2.85. The molecule has 2 saturated heterocycles. The molecule has 0 radical (unpaired) electrons. The van der Waals surface area contributed by atoms with Gasteiger partial charge in [0.15, 0.2) is 18.4 Å². The average molecular weight is 549 g/mol. The van der Waals surface area contributed by atoms with Gasteiger partial charge in [0, 0.05) is 11.8 Å². The number of aliphatic hydroxyl groups excluding tert-OH is 7. The van der Waals surface area contributed by atoms with Crippen LogP contribution < -0.4 is 0 Å². The summed E-state index contributed by atoms with van der Waals surface area (Å²) in [6, 6.07) is 0. The van der Waals surface area contributed by atoms with Gasteiger partial charge in [-0.25, -0.2) is 0 Å². The first kappa shape index (κ1) is 31.2. The molecular weight excluding hydrogens is 508 g/mol. The molecule has 12 atom stereocenters. The summed E-state index contributed by atoms with van der Waals surface area (Å²) < 4.78 is 22.5. The van der Waals surface area contributed by atoms with Crippen molar-refractivity contribution in [2.75, 3.05) is 13.2 Å². The minimum Gasteiger partial charge on any atom is -0.394 e. The van der Waals surface area contributed by atoms with Gasteiger partial charge in [0.2, 0.25) is 0 Å². The number of hydrogen-bond donors (Lipinski definition) is 8. The maximum atomic E-state index is 12.0. The molecule has 3 rings (SSSR count). The van der Waals surface area contributed by atoms with Gasteiger partial charge in [-0.2, -0.15) is 0 Å². The molecule has 218 valence electrons. The van der Waals surface area contributed by atoms with Gasteiger partial charge < -0.3 is 59.8 Å². The molecule has 8 N–H and O–H groups in total. The van der Waals surface area contributed by atoms with E-state index in [1.54, 1.807) is 27.7 Å². The number of aliphatic hydroxyl groups is 8. The summed E-state index contributed by atoms with van der Waals surface area (Å²) in [5.41, 5.74) is -1.81. The molecule has 13 nitrogen and oxygen atoms in total. The zero-order valence-electron chi connectivity index (χ0n) is 21.8. The molecule has 0 aromatic carbocycles. The van der Waals surface area contributed by atoms with Crippen LogP contribution in [-0.4, -0.2) is 133 Å². The lowest BCUT2D eigenvalue weighted by Gasteiger charge is -2.46. The van der Waals surface area contributed by atoms with Crippen molar-refractivity contribution in [1.82, 2.24) is 0 Å². The quantitative estimate of drug-likeness (QED) is 0.145. The smallest absolute Gasteiger partial charge is 0.187 e. The molecular formula is C25H40O13. The van der Waals surface area contributed by atoms with E-state index in [0.717, 1.165) is 0 Å². The van der Waals surface area contributed by atoms with E-state index in [9.17, 15) is 45.6 Å². The van der Waals surface area contributed by atoms with Crippen LogP contribution in [0.5, 0.6) is 0 Å². The van der Waals surface area contributed by atoms with E-state index in [1.807, 2.05) is 0 Å². The normalized spacial score (nSPS) is 44.7. The number of rotatable bonds is 8. The minimum absolute atomic E-state index is 0.0961. The van der Waals surface area contributed by atoms with E-state index in [0.29, 0.717) is 5.57 Å². The number of allylic oxidation sites excluding steroid dienone is 1. The highest BCUT2D eigenvalue weighted by Gasteiger charge is 2.51. The molecule has 0 aromatic rings. The molecule has 0 saturated carbocycles. The Hall–Kier alpha value is -1.33. The van der Waals surface area contributed by atoms with Gasteiger partial charge >= 0.3 is 0 Å². The summed E-state index contributed by atoms with van der Waals surface area (Å²) in [6.07, 6.45) is -11.9. The number of ketones is 1. The Kier molecular flexibility index (Phi) is 9.89. The summed E-state index contributed by atoms with van der Waals surface area (Å²) in [6.45, 7) is 5.39. The standard InChI is InChI=1S/C25H40O13/c1-11-7-13(28)8-24(3,4)25(11,34)6-5-12(2)35-23-21(19(32)17(30)15(10-27)37-23)38-22-20(33)18(31)16(29)14(9-26)36-22/h5-7,12,14-23,26-27,29-34H,8-10H2,1-4H3/b6-5+/t12-,14+,15-,16+,17-,18-,19+,20-,21-,22-,23-,25-/m0/s1. The molecule has 3 aliphatic rings. The number of carbonyl (C=O) groups excluding carboxylic acids is 1. The Morgan fingerprint density at radius 3 is 2.08 bits per heavy atom.